The fourth-order valence-corrected chi connectivity index (χ4v) is 4.84. The molecule has 8 heteroatoms. The molecule has 156 valence electrons. The van der Waals surface area contributed by atoms with Gasteiger partial charge in [-0.05, 0) is 69.0 Å². The summed E-state index contributed by atoms with van der Waals surface area (Å²) < 4.78 is 45.0. The van der Waals surface area contributed by atoms with Crippen LogP contribution in [0.4, 0.5) is 4.39 Å². The van der Waals surface area contributed by atoms with Crippen molar-refractivity contribution in [3.63, 3.8) is 0 Å². The third-order valence-electron chi connectivity index (χ3n) is 5.01. The van der Waals surface area contributed by atoms with Gasteiger partial charge in [0.1, 0.15) is 5.82 Å². The molecule has 29 heavy (non-hydrogen) atoms. The van der Waals surface area contributed by atoms with E-state index >= 15 is 0 Å². The molecule has 0 aliphatic carbocycles. The molecule has 6 nitrogen and oxygen atoms in total. The highest BCUT2D eigenvalue weighted by Gasteiger charge is 2.32. The van der Waals surface area contributed by atoms with E-state index in [2.05, 4.69) is 4.98 Å². The third-order valence-corrected chi connectivity index (χ3v) is 6.92. The molecule has 0 atom stereocenters. The van der Waals surface area contributed by atoms with Gasteiger partial charge < -0.3 is 4.74 Å². The number of rotatable bonds is 7. The van der Waals surface area contributed by atoms with E-state index in [-0.39, 0.29) is 29.9 Å². The van der Waals surface area contributed by atoms with E-state index < -0.39 is 15.8 Å². The molecule has 1 fully saturated rings. The topological polar surface area (TPSA) is 76.6 Å². The lowest BCUT2D eigenvalue weighted by molar-refractivity contribution is -0.149. The number of ether oxygens (including phenoxy) is 1. The SMILES string of the molecule is Cc1cccc(CCCOC(=O)C2CCN(S(=O)(=O)c3ccc(F)cc3)CC2)n1. The Morgan fingerprint density at radius 2 is 1.86 bits per heavy atom. The molecule has 1 aromatic heterocycles. The maximum Gasteiger partial charge on any atom is 0.309 e. The van der Waals surface area contributed by atoms with Gasteiger partial charge in [-0.1, -0.05) is 6.07 Å². The molecular formula is C21H25FN2O4S. The van der Waals surface area contributed by atoms with Crippen LogP contribution in [0.1, 0.15) is 30.7 Å². The Hall–Kier alpha value is -2.32. The standard InChI is InChI=1S/C21H25FN2O4S/c1-16-4-2-5-19(23-16)6-3-15-28-21(25)17-11-13-24(14-12-17)29(26,27)20-9-7-18(22)8-10-20/h2,4-5,7-10,17H,3,6,11-15H2,1H3. The Bertz CT molecular complexity index is 939. The molecule has 1 aliphatic rings. The van der Waals surface area contributed by atoms with Gasteiger partial charge in [-0.3, -0.25) is 9.78 Å². The monoisotopic (exact) mass is 420 g/mol. The number of hydrogen-bond acceptors (Lipinski definition) is 5. The van der Waals surface area contributed by atoms with Crippen molar-refractivity contribution >= 4 is 16.0 Å². The van der Waals surface area contributed by atoms with Crippen LogP contribution in [0.3, 0.4) is 0 Å². The van der Waals surface area contributed by atoms with E-state index in [0.29, 0.717) is 25.9 Å². The Morgan fingerprint density at radius 1 is 1.17 bits per heavy atom. The van der Waals surface area contributed by atoms with Crippen LogP contribution in [0.5, 0.6) is 0 Å². The normalized spacial score (nSPS) is 15.9. The van der Waals surface area contributed by atoms with Crippen LogP contribution in [0.2, 0.25) is 0 Å². The van der Waals surface area contributed by atoms with Crippen LogP contribution in [-0.2, 0) is 26.0 Å². The first-order chi connectivity index (χ1) is 13.9. The Morgan fingerprint density at radius 3 is 2.52 bits per heavy atom. The first kappa shape index (κ1) is 21.4. The highest BCUT2D eigenvalue weighted by molar-refractivity contribution is 7.89. The Labute approximate surface area is 170 Å². The van der Waals surface area contributed by atoms with Gasteiger partial charge in [0.05, 0.1) is 17.4 Å². The number of esters is 1. The highest BCUT2D eigenvalue weighted by Crippen LogP contribution is 2.24. The summed E-state index contributed by atoms with van der Waals surface area (Å²) in [5.41, 5.74) is 1.93. The van der Waals surface area contributed by atoms with Gasteiger partial charge in [-0.2, -0.15) is 4.31 Å². The predicted molar refractivity (Wildman–Crippen MR) is 106 cm³/mol. The molecule has 0 spiro atoms. The van der Waals surface area contributed by atoms with Crippen LogP contribution in [0.25, 0.3) is 0 Å². The zero-order chi connectivity index (χ0) is 20.9. The molecule has 2 aromatic rings. The largest absolute Gasteiger partial charge is 0.465 e. The zero-order valence-electron chi connectivity index (χ0n) is 16.4. The summed E-state index contributed by atoms with van der Waals surface area (Å²) in [6.45, 7) is 2.74. The van der Waals surface area contributed by atoms with Crippen molar-refractivity contribution in [3.8, 4) is 0 Å². The summed E-state index contributed by atoms with van der Waals surface area (Å²) >= 11 is 0. The van der Waals surface area contributed by atoms with E-state index in [9.17, 15) is 17.6 Å². The lowest BCUT2D eigenvalue weighted by Gasteiger charge is -2.30. The molecular weight excluding hydrogens is 395 g/mol. The molecule has 0 radical (unpaired) electrons. The van der Waals surface area contributed by atoms with Crippen LogP contribution >= 0.6 is 0 Å². The number of carbonyl (C=O) groups is 1. The maximum absolute atomic E-state index is 13.0. The second-order valence-electron chi connectivity index (χ2n) is 7.17. The van der Waals surface area contributed by atoms with Gasteiger partial charge in [0.25, 0.3) is 0 Å². The van der Waals surface area contributed by atoms with Crippen molar-refractivity contribution in [2.24, 2.45) is 5.92 Å². The number of pyridine rings is 1. The van der Waals surface area contributed by atoms with Gasteiger partial charge in [0, 0.05) is 24.5 Å². The fourth-order valence-electron chi connectivity index (χ4n) is 3.37. The number of benzene rings is 1. The maximum atomic E-state index is 13.0. The van der Waals surface area contributed by atoms with Gasteiger partial charge in [-0.15, -0.1) is 0 Å². The van der Waals surface area contributed by atoms with E-state index in [1.165, 1.54) is 16.4 Å². The number of aromatic nitrogens is 1. The average Bonchev–Trinajstić information content (AvgIpc) is 2.71. The van der Waals surface area contributed by atoms with Gasteiger partial charge in [0.15, 0.2) is 0 Å². The van der Waals surface area contributed by atoms with Gasteiger partial charge >= 0.3 is 5.97 Å². The molecule has 2 heterocycles. The molecule has 0 amide bonds. The first-order valence-electron chi connectivity index (χ1n) is 9.71. The van der Waals surface area contributed by atoms with Crippen molar-refractivity contribution in [2.45, 2.75) is 37.5 Å². The number of hydrogen-bond donors (Lipinski definition) is 0. The molecule has 0 saturated carbocycles. The lowest BCUT2D eigenvalue weighted by atomic mass is 9.98. The number of nitrogens with zero attached hydrogens (tertiary/aromatic N) is 2. The second-order valence-corrected chi connectivity index (χ2v) is 9.11. The summed E-state index contributed by atoms with van der Waals surface area (Å²) in [5.74, 6) is -1.06. The Kier molecular flexibility index (Phi) is 6.97. The second kappa shape index (κ2) is 9.45. The first-order valence-corrected chi connectivity index (χ1v) is 11.1. The summed E-state index contributed by atoms with van der Waals surface area (Å²) in [6.07, 6.45) is 2.26. The van der Waals surface area contributed by atoms with Crippen LogP contribution in [-0.4, -0.2) is 43.4 Å². The number of piperidine rings is 1. The molecule has 1 aromatic carbocycles. The predicted octanol–water partition coefficient (Wildman–Crippen LogP) is 3.11. The smallest absolute Gasteiger partial charge is 0.309 e. The minimum atomic E-state index is -3.68. The third kappa shape index (κ3) is 5.61. The fraction of sp³-hybridized carbons (Fsp3) is 0.429. The van der Waals surface area contributed by atoms with E-state index in [1.807, 2.05) is 25.1 Å². The van der Waals surface area contributed by atoms with E-state index in [4.69, 9.17) is 4.74 Å². The Balaban J connectivity index is 1.44. The molecule has 0 unspecified atom stereocenters. The molecule has 1 saturated heterocycles. The lowest BCUT2D eigenvalue weighted by Crippen LogP contribution is -2.40. The molecule has 1 aliphatic heterocycles. The van der Waals surface area contributed by atoms with Crippen molar-refractivity contribution < 1.29 is 22.3 Å². The summed E-state index contributed by atoms with van der Waals surface area (Å²) in [5, 5.41) is 0. The summed E-state index contributed by atoms with van der Waals surface area (Å²) in [7, 11) is -3.68. The van der Waals surface area contributed by atoms with Crippen molar-refractivity contribution in [1.29, 1.82) is 0 Å². The molecule has 0 bridgehead atoms. The van der Waals surface area contributed by atoms with E-state index in [1.54, 1.807) is 0 Å². The van der Waals surface area contributed by atoms with Crippen LogP contribution < -0.4 is 0 Å². The minimum Gasteiger partial charge on any atom is -0.465 e. The van der Waals surface area contributed by atoms with E-state index in [0.717, 1.165) is 29.9 Å². The highest BCUT2D eigenvalue weighted by atomic mass is 32.2. The average molecular weight is 421 g/mol. The van der Waals surface area contributed by atoms with Gasteiger partial charge in [0.2, 0.25) is 10.0 Å². The number of halogens is 1. The van der Waals surface area contributed by atoms with Crippen LogP contribution in [0, 0.1) is 18.7 Å². The molecule has 0 N–H and O–H groups in total. The zero-order valence-corrected chi connectivity index (χ0v) is 17.2. The minimum absolute atomic E-state index is 0.0599. The van der Waals surface area contributed by atoms with Gasteiger partial charge in [-0.25, -0.2) is 12.8 Å². The van der Waals surface area contributed by atoms with Crippen molar-refractivity contribution in [3.05, 3.63) is 59.7 Å². The number of aryl methyl sites for hydroxylation is 2. The van der Waals surface area contributed by atoms with Crippen molar-refractivity contribution in [1.82, 2.24) is 9.29 Å². The quantitative estimate of drug-likeness (QED) is 0.508. The van der Waals surface area contributed by atoms with Crippen LogP contribution in [0.15, 0.2) is 47.4 Å². The summed E-state index contributed by atoms with van der Waals surface area (Å²) in [6, 6.07) is 10.6. The number of carbonyl (C=O) groups excluding carboxylic acids is 1. The summed E-state index contributed by atoms with van der Waals surface area (Å²) in [4.78, 5) is 16.8. The molecule has 3 rings (SSSR count). The van der Waals surface area contributed by atoms with Crippen molar-refractivity contribution in [2.75, 3.05) is 19.7 Å². The number of sulfonamides is 1.